The summed E-state index contributed by atoms with van der Waals surface area (Å²) in [5, 5.41) is 0. The van der Waals surface area contributed by atoms with Crippen molar-refractivity contribution in [3.63, 3.8) is 0 Å². The van der Waals surface area contributed by atoms with Crippen molar-refractivity contribution in [1.29, 1.82) is 0 Å². The third-order valence-electron chi connectivity index (χ3n) is 2.90. The molecule has 0 bridgehead atoms. The Hall–Kier alpha value is -1.10. The van der Waals surface area contributed by atoms with Gasteiger partial charge in [-0.15, -0.1) is 0 Å². The molecule has 86 valence electrons. The molecule has 5 heteroatoms. The van der Waals surface area contributed by atoms with Crippen LogP contribution < -0.4 is 11.5 Å². The SMILES string of the molecule is CC[C@@H](C(N)=O)N1CC(CCN)CC1=O. The summed E-state index contributed by atoms with van der Waals surface area (Å²) >= 11 is 0. The molecule has 1 aliphatic rings. The normalized spacial score (nSPS) is 23.2. The van der Waals surface area contributed by atoms with E-state index in [4.69, 9.17) is 11.5 Å². The fourth-order valence-corrected chi connectivity index (χ4v) is 2.11. The highest BCUT2D eigenvalue weighted by Gasteiger charge is 2.35. The first-order valence-electron chi connectivity index (χ1n) is 5.39. The number of carbonyl (C=O) groups excluding carboxylic acids is 2. The van der Waals surface area contributed by atoms with E-state index in [0.717, 1.165) is 6.42 Å². The number of primary amides is 1. The quantitative estimate of drug-likeness (QED) is 0.642. The molecule has 1 saturated heterocycles. The number of rotatable bonds is 5. The molecule has 1 rings (SSSR count). The van der Waals surface area contributed by atoms with Crippen LogP contribution in [0.5, 0.6) is 0 Å². The molecule has 1 fully saturated rings. The van der Waals surface area contributed by atoms with Gasteiger partial charge in [-0.2, -0.15) is 0 Å². The van der Waals surface area contributed by atoms with Gasteiger partial charge in [0.2, 0.25) is 11.8 Å². The standard InChI is InChI=1S/C10H19N3O2/c1-2-8(10(12)15)13-6-7(3-4-11)5-9(13)14/h7-8H,2-6,11H2,1H3,(H2,12,15)/t7?,8-/m0/s1. The van der Waals surface area contributed by atoms with Crippen molar-refractivity contribution in [3.8, 4) is 0 Å². The average Bonchev–Trinajstić information content (AvgIpc) is 2.49. The van der Waals surface area contributed by atoms with Gasteiger partial charge in [-0.05, 0) is 25.3 Å². The molecule has 2 atom stereocenters. The Labute approximate surface area is 89.8 Å². The summed E-state index contributed by atoms with van der Waals surface area (Å²) in [6.07, 6.45) is 1.91. The predicted octanol–water partition coefficient (Wildman–Crippen LogP) is -0.552. The lowest BCUT2D eigenvalue weighted by Crippen LogP contribution is -2.45. The van der Waals surface area contributed by atoms with E-state index in [1.54, 1.807) is 4.90 Å². The van der Waals surface area contributed by atoms with E-state index >= 15 is 0 Å². The lowest BCUT2D eigenvalue weighted by Gasteiger charge is -2.24. The Morgan fingerprint density at radius 1 is 1.67 bits per heavy atom. The number of likely N-dealkylation sites (tertiary alicyclic amines) is 1. The predicted molar refractivity (Wildman–Crippen MR) is 56.8 cm³/mol. The molecule has 15 heavy (non-hydrogen) atoms. The number of nitrogens with zero attached hydrogens (tertiary/aromatic N) is 1. The molecule has 0 aromatic rings. The third kappa shape index (κ3) is 2.68. The van der Waals surface area contributed by atoms with Gasteiger partial charge >= 0.3 is 0 Å². The highest BCUT2D eigenvalue weighted by Crippen LogP contribution is 2.23. The van der Waals surface area contributed by atoms with Crippen LogP contribution in [0.3, 0.4) is 0 Å². The molecule has 0 aromatic carbocycles. The molecule has 5 nitrogen and oxygen atoms in total. The molecule has 1 heterocycles. The summed E-state index contributed by atoms with van der Waals surface area (Å²) in [6, 6.07) is -0.444. The molecular weight excluding hydrogens is 194 g/mol. The van der Waals surface area contributed by atoms with Crippen molar-refractivity contribution in [2.24, 2.45) is 17.4 Å². The van der Waals surface area contributed by atoms with Crippen molar-refractivity contribution >= 4 is 11.8 Å². The highest BCUT2D eigenvalue weighted by atomic mass is 16.2. The summed E-state index contributed by atoms with van der Waals surface area (Å²) in [5.41, 5.74) is 10.7. The molecule has 0 aliphatic carbocycles. The summed E-state index contributed by atoms with van der Waals surface area (Å²) in [6.45, 7) is 3.07. The Morgan fingerprint density at radius 3 is 2.80 bits per heavy atom. The summed E-state index contributed by atoms with van der Waals surface area (Å²) in [4.78, 5) is 24.4. The number of carbonyl (C=O) groups is 2. The molecular formula is C10H19N3O2. The van der Waals surface area contributed by atoms with Crippen LogP contribution in [0, 0.1) is 5.92 Å². The molecule has 0 radical (unpaired) electrons. The van der Waals surface area contributed by atoms with Crippen LogP contribution in [-0.4, -0.2) is 35.8 Å². The Balaban J connectivity index is 2.63. The maximum Gasteiger partial charge on any atom is 0.240 e. The van der Waals surface area contributed by atoms with E-state index in [0.29, 0.717) is 25.9 Å². The van der Waals surface area contributed by atoms with Crippen LogP contribution in [0.1, 0.15) is 26.2 Å². The van der Waals surface area contributed by atoms with E-state index in [1.165, 1.54) is 0 Å². The Kier molecular flexibility index (Phi) is 4.08. The fourth-order valence-electron chi connectivity index (χ4n) is 2.11. The van der Waals surface area contributed by atoms with Crippen LogP contribution in [-0.2, 0) is 9.59 Å². The minimum absolute atomic E-state index is 0.0269. The van der Waals surface area contributed by atoms with Crippen molar-refractivity contribution in [3.05, 3.63) is 0 Å². The third-order valence-corrected chi connectivity index (χ3v) is 2.90. The first-order chi connectivity index (χ1) is 7.10. The first-order valence-corrected chi connectivity index (χ1v) is 5.39. The smallest absolute Gasteiger partial charge is 0.240 e. The van der Waals surface area contributed by atoms with Gasteiger partial charge in [0.1, 0.15) is 6.04 Å². The van der Waals surface area contributed by atoms with E-state index < -0.39 is 11.9 Å². The van der Waals surface area contributed by atoms with Crippen molar-refractivity contribution in [2.75, 3.05) is 13.1 Å². The lowest BCUT2D eigenvalue weighted by molar-refractivity contribution is -0.136. The van der Waals surface area contributed by atoms with E-state index in [1.807, 2.05) is 6.92 Å². The second kappa shape index (κ2) is 5.11. The summed E-state index contributed by atoms with van der Waals surface area (Å²) in [5.74, 6) is -0.103. The zero-order chi connectivity index (χ0) is 11.4. The van der Waals surface area contributed by atoms with Crippen LogP contribution in [0.4, 0.5) is 0 Å². The van der Waals surface area contributed by atoms with Gasteiger partial charge in [0.25, 0.3) is 0 Å². The topological polar surface area (TPSA) is 89.4 Å². The highest BCUT2D eigenvalue weighted by molar-refractivity contribution is 5.87. The van der Waals surface area contributed by atoms with Crippen LogP contribution in [0.25, 0.3) is 0 Å². The lowest BCUT2D eigenvalue weighted by atomic mass is 10.1. The molecule has 0 spiro atoms. The molecule has 0 saturated carbocycles. The average molecular weight is 213 g/mol. The van der Waals surface area contributed by atoms with E-state index in [-0.39, 0.29) is 11.8 Å². The minimum atomic E-state index is -0.444. The van der Waals surface area contributed by atoms with Gasteiger partial charge < -0.3 is 16.4 Å². The number of nitrogens with two attached hydrogens (primary N) is 2. The summed E-state index contributed by atoms with van der Waals surface area (Å²) < 4.78 is 0. The van der Waals surface area contributed by atoms with Gasteiger partial charge in [-0.25, -0.2) is 0 Å². The number of hydrogen-bond donors (Lipinski definition) is 2. The van der Waals surface area contributed by atoms with E-state index in [2.05, 4.69) is 0 Å². The maximum absolute atomic E-state index is 11.6. The second-order valence-electron chi connectivity index (χ2n) is 4.02. The molecule has 4 N–H and O–H groups in total. The molecule has 0 aromatic heterocycles. The number of amides is 2. The van der Waals surface area contributed by atoms with Crippen LogP contribution in [0.2, 0.25) is 0 Å². The van der Waals surface area contributed by atoms with Crippen molar-refractivity contribution in [2.45, 2.75) is 32.2 Å². The Morgan fingerprint density at radius 2 is 2.33 bits per heavy atom. The number of hydrogen-bond acceptors (Lipinski definition) is 3. The van der Waals surface area contributed by atoms with Gasteiger partial charge in [-0.3, -0.25) is 9.59 Å². The zero-order valence-corrected chi connectivity index (χ0v) is 9.11. The van der Waals surface area contributed by atoms with Crippen LogP contribution in [0.15, 0.2) is 0 Å². The van der Waals surface area contributed by atoms with Crippen molar-refractivity contribution in [1.82, 2.24) is 4.90 Å². The van der Waals surface area contributed by atoms with Crippen LogP contribution >= 0.6 is 0 Å². The largest absolute Gasteiger partial charge is 0.368 e. The molecule has 2 amide bonds. The van der Waals surface area contributed by atoms with E-state index in [9.17, 15) is 9.59 Å². The van der Waals surface area contributed by atoms with Gasteiger partial charge in [0.15, 0.2) is 0 Å². The van der Waals surface area contributed by atoms with Gasteiger partial charge in [0.05, 0.1) is 0 Å². The molecule has 1 unspecified atom stereocenters. The zero-order valence-electron chi connectivity index (χ0n) is 9.11. The van der Waals surface area contributed by atoms with Crippen molar-refractivity contribution < 1.29 is 9.59 Å². The minimum Gasteiger partial charge on any atom is -0.368 e. The fraction of sp³-hybridized carbons (Fsp3) is 0.800. The van der Waals surface area contributed by atoms with Gasteiger partial charge in [-0.1, -0.05) is 6.92 Å². The summed E-state index contributed by atoms with van der Waals surface area (Å²) in [7, 11) is 0. The maximum atomic E-state index is 11.6. The van der Waals surface area contributed by atoms with Gasteiger partial charge in [0, 0.05) is 13.0 Å². The first kappa shape index (κ1) is 12.0. The Bertz CT molecular complexity index is 255. The molecule has 1 aliphatic heterocycles. The second-order valence-corrected chi connectivity index (χ2v) is 4.02. The monoisotopic (exact) mass is 213 g/mol.